The molecule has 2 aliphatic rings. The summed E-state index contributed by atoms with van der Waals surface area (Å²) in [5.74, 6) is 0. The Morgan fingerprint density at radius 1 is 1.11 bits per heavy atom. The topological polar surface area (TPSA) is 28.2 Å². The van der Waals surface area contributed by atoms with E-state index in [0.29, 0.717) is 5.41 Å². The predicted octanol–water partition coefficient (Wildman–Crippen LogP) is 2.70. The van der Waals surface area contributed by atoms with Crippen LogP contribution in [0.25, 0.3) is 0 Å². The number of pyridine rings is 1. The first-order valence-corrected chi connectivity index (χ1v) is 7.08. The molecule has 3 heterocycles. The van der Waals surface area contributed by atoms with Gasteiger partial charge in [0.15, 0.2) is 0 Å². The molecule has 0 aliphatic carbocycles. The van der Waals surface area contributed by atoms with Crippen molar-refractivity contribution in [3.63, 3.8) is 0 Å². The standard InChI is InChI=1S/C15H23N3.ClH/c1-12-9-14(10-13(2)17-12)18-7-4-15(5-8-18)3-6-16-11-15;/h9-10,16H,3-8,11H2,1-2H3;1H. The molecule has 1 aromatic heterocycles. The van der Waals surface area contributed by atoms with Gasteiger partial charge < -0.3 is 10.2 Å². The van der Waals surface area contributed by atoms with E-state index in [4.69, 9.17) is 0 Å². The average molecular weight is 282 g/mol. The van der Waals surface area contributed by atoms with Gasteiger partial charge in [-0.3, -0.25) is 4.98 Å². The van der Waals surface area contributed by atoms with Crippen molar-refractivity contribution in [1.29, 1.82) is 0 Å². The van der Waals surface area contributed by atoms with Crippen molar-refractivity contribution in [3.8, 4) is 0 Å². The van der Waals surface area contributed by atoms with Gasteiger partial charge in [-0.25, -0.2) is 0 Å². The molecule has 0 radical (unpaired) electrons. The van der Waals surface area contributed by atoms with Crippen LogP contribution in [0.3, 0.4) is 0 Å². The van der Waals surface area contributed by atoms with Gasteiger partial charge in [-0.15, -0.1) is 12.4 Å². The second-order valence-corrected chi connectivity index (χ2v) is 6.02. The molecule has 3 nitrogen and oxygen atoms in total. The highest BCUT2D eigenvalue weighted by atomic mass is 35.5. The second-order valence-electron chi connectivity index (χ2n) is 6.02. The summed E-state index contributed by atoms with van der Waals surface area (Å²) in [6.45, 7) is 9.02. The maximum Gasteiger partial charge on any atom is 0.0402 e. The number of anilines is 1. The predicted molar refractivity (Wildman–Crippen MR) is 82.3 cm³/mol. The van der Waals surface area contributed by atoms with Gasteiger partial charge in [-0.2, -0.15) is 0 Å². The lowest BCUT2D eigenvalue weighted by atomic mass is 9.78. The highest BCUT2D eigenvalue weighted by molar-refractivity contribution is 5.85. The van der Waals surface area contributed by atoms with Crippen LogP contribution in [-0.4, -0.2) is 31.2 Å². The van der Waals surface area contributed by atoms with Crippen molar-refractivity contribution in [2.24, 2.45) is 5.41 Å². The van der Waals surface area contributed by atoms with Crippen LogP contribution in [0.5, 0.6) is 0 Å². The summed E-state index contributed by atoms with van der Waals surface area (Å²) in [6.07, 6.45) is 4.04. The van der Waals surface area contributed by atoms with E-state index < -0.39 is 0 Å². The molecular formula is C15H24ClN3. The molecular weight excluding hydrogens is 258 g/mol. The lowest BCUT2D eigenvalue weighted by Gasteiger charge is -2.40. The minimum absolute atomic E-state index is 0. The molecule has 19 heavy (non-hydrogen) atoms. The summed E-state index contributed by atoms with van der Waals surface area (Å²) < 4.78 is 0. The highest BCUT2D eigenvalue weighted by Crippen LogP contribution is 2.38. The maximum absolute atomic E-state index is 4.46. The van der Waals surface area contributed by atoms with E-state index in [-0.39, 0.29) is 12.4 Å². The first kappa shape index (κ1) is 14.6. The van der Waals surface area contributed by atoms with E-state index in [2.05, 4.69) is 41.2 Å². The average Bonchev–Trinajstić information content (AvgIpc) is 2.77. The van der Waals surface area contributed by atoms with Gasteiger partial charge in [-0.1, -0.05) is 0 Å². The van der Waals surface area contributed by atoms with E-state index in [1.165, 1.54) is 51.1 Å². The van der Waals surface area contributed by atoms with Crippen LogP contribution in [0.1, 0.15) is 30.7 Å². The second kappa shape index (κ2) is 5.68. The monoisotopic (exact) mass is 281 g/mol. The fraction of sp³-hybridized carbons (Fsp3) is 0.667. The maximum atomic E-state index is 4.46. The highest BCUT2D eigenvalue weighted by Gasteiger charge is 2.36. The fourth-order valence-corrected chi connectivity index (χ4v) is 3.46. The first-order valence-electron chi connectivity index (χ1n) is 7.08. The van der Waals surface area contributed by atoms with Crippen LogP contribution < -0.4 is 10.2 Å². The SMILES string of the molecule is Cc1cc(N2CCC3(CCNC3)CC2)cc(C)n1.Cl. The van der Waals surface area contributed by atoms with Crippen LogP contribution in [0.2, 0.25) is 0 Å². The van der Waals surface area contributed by atoms with Crippen LogP contribution in [-0.2, 0) is 0 Å². The Bertz CT molecular complexity index is 411. The van der Waals surface area contributed by atoms with Gasteiger partial charge in [0.25, 0.3) is 0 Å². The number of aryl methyl sites for hydroxylation is 2. The van der Waals surface area contributed by atoms with Gasteiger partial charge in [0, 0.05) is 36.7 Å². The Hall–Kier alpha value is -0.800. The normalized spacial score (nSPS) is 21.5. The summed E-state index contributed by atoms with van der Waals surface area (Å²) in [6, 6.07) is 4.44. The number of aromatic nitrogens is 1. The summed E-state index contributed by atoms with van der Waals surface area (Å²) in [7, 11) is 0. The number of piperidine rings is 1. The number of hydrogen-bond acceptors (Lipinski definition) is 3. The number of rotatable bonds is 1. The third-order valence-corrected chi connectivity index (χ3v) is 4.59. The smallest absolute Gasteiger partial charge is 0.0402 e. The summed E-state index contributed by atoms with van der Waals surface area (Å²) in [5.41, 5.74) is 4.23. The molecule has 2 saturated heterocycles. The number of halogens is 1. The minimum atomic E-state index is 0. The van der Waals surface area contributed by atoms with Crippen molar-refractivity contribution in [2.75, 3.05) is 31.1 Å². The molecule has 4 heteroatoms. The lowest BCUT2D eigenvalue weighted by molar-refractivity contribution is 0.247. The number of nitrogens with one attached hydrogen (secondary N) is 1. The third kappa shape index (κ3) is 3.03. The molecule has 106 valence electrons. The van der Waals surface area contributed by atoms with Gasteiger partial charge in [0.2, 0.25) is 0 Å². The molecule has 0 bridgehead atoms. The van der Waals surface area contributed by atoms with Crippen LogP contribution >= 0.6 is 12.4 Å². The Morgan fingerprint density at radius 3 is 2.26 bits per heavy atom. The molecule has 0 unspecified atom stereocenters. The van der Waals surface area contributed by atoms with E-state index in [1.54, 1.807) is 0 Å². The van der Waals surface area contributed by atoms with E-state index in [0.717, 1.165) is 11.4 Å². The quantitative estimate of drug-likeness (QED) is 0.858. The zero-order valence-electron chi connectivity index (χ0n) is 11.9. The van der Waals surface area contributed by atoms with Crippen LogP contribution in [0, 0.1) is 19.3 Å². The van der Waals surface area contributed by atoms with Crippen molar-refractivity contribution < 1.29 is 0 Å². The summed E-state index contributed by atoms with van der Waals surface area (Å²) >= 11 is 0. The molecule has 2 fully saturated rings. The van der Waals surface area contributed by atoms with Crippen molar-refractivity contribution >= 4 is 18.1 Å². The number of hydrogen-bond donors (Lipinski definition) is 1. The molecule has 0 atom stereocenters. The van der Waals surface area contributed by atoms with Crippen LogP contribution in [0.4, 0.5) is 5.69 Å². The summed E-state index contributed by atoms with van der Waals surface area (Å²) in [4.78, 5) is 7.00. The van der Waals surface area contributed by atoms with Crippen LogP contribution in [0.15, 0.2) is 12.1 Å². The molecule has 3 rings (SSSR count). The molecule has 0 amide bonds. The Morgan fingerprint density at radius 2 is 1.74 bits per heavy atom. The van der Waals surface area contributed by atoms with Crippen molar-refractivity contribution in [3.05, 3.63) is 23.5 Å². The van der Waals surface area contributed by atoms with Gasteiger partial charge in [-0.05, 0) is 57.2 Å². The fourth-order valence-electron chi connectivity index (χ4n) is 3.46. The minimum Gasteiger partial charge on any atom is -0.371 e. The number of nitrogens with zero attached hydrogens (tertiary/aromatic N) is 2. The molecule has 0 aromatic carbocycles. The molecule has 2 aliphatic heterocycles. The molecule has 1 aromatic rings. The van der Waals surface area contributed by atoms with Gasteiger partial charge >= 0.3 is 0 Å². The summed E-state index contributed by atoms with van der Waals surface area (Å²) in [5, 5.41) is 3.53. The Balaban J connectivity index is 0.00000133. The molecule has 1 N–H and O–H groups in total. The Kier molecular flexibility index (Phi) is 4.36. The van der Waals surface area contributed by atoms with E-state index >= 15 is 0 Å². The van der Waals surface area contributed by atoms with Gasteiger partial charge in [0.1, 0.15) is 0 Å². The Labute approximate surface area is 122 Å². The van der Waals surface area contributed by atoms with E-state index in [9.17, 15) is 0 Å². The first-order chi connectivity index (χ1) is 8.67. The zero-order chi connectivity index (χ0) is 12.6. The molecule has 0 saturated carbocycles. The largest absolute Gasteiger partial charge is 0.371 e. The van der Waals surface area contributed by atoms with Crippen molar-refractivity contribution in [1.82, 2.24) is 10.3 Å². The van der Waals surface area contributed by atoms with E-state index in [1.807, 2.05) is 0 Å². The molecule has 1 spiro atoms. The third-order valence-electron chi connectivity index (χ3n) is 4.59. The zero-order valence-corrected chi connectivity index (χ0v) is 12.7. The van der Waals surface area contributed by atoms with Crippen molar-refractivity contribution in [2.45, 2.75) is 33.1 Å². The lowest BCUT2D eigenvalue weighted by Crippen LogP contribution is -2.41. The van der Waals surface area contributed by atoms with Gasteiger partial charge in [0.05, 0.1) is 0 Å².